The molecular weight excluding hydrogens is 429 g/mol. The van der Waals surface area contributed by atoms with Crippen LogP contribution in [0.2, 0.25) is 0 Å². The summed E-state index contributed by atoms with van der Waals surface area (Å²) in [6.07, 6.45) is 4.30. The molecule has 5 nitrogen and oxygen atoms in total. The highest BCUT2D eigenvalue weighted by Crippen LogP contribution is 2.23. The van der Waals surface area contributed by atoms with E-state index in [1.165, 1.54) is 0 Å². The highest BCUT2D eigenvalue weighted by atomic mass is 79.9. The van der Waals surface area contributed by atoms with Crippen LogP contribution in [0.3, 0.4) is 0 Å². The van der Waals surface area contributed by atoms with Crippen LogP contribution in [0, 0.1) is 0 Å². The lowest BCUT2D eigenvalue weighted by Crippen LogP contribution is -2.27. The molecule has 2 N–H and O–H groups in total. The lowest BCUT2D eigenvalue weighted by atomic mass is 10.1. The molecule has 2 heterocycles. The largest absolute Gasteiger partial charge is 0.439 e. The van der Waals surface area contributed by atoms with Gasteiger partial charge in [-0.1, -0.05) is 22.0 Å². The Balaban J connectivity index is 0.00000156. The molecule has 1 fully saturated rings. The fourth-order valence-electron chi connectivity index (χ4n) is 2.53. The highest BCUT2D eigenvalue weighted by Gasteiger charge is 2.17. The first-order valence-electron chi connectivity index (χ1n) is 7.62. The molecule has 8 heteroatoms. The standard InChI is InChI=1S/C17H18BrN3O2.2ClH/c18-12-3-1-5-15(9-12)23-17-7-6-14(11-20-17)21-16(22)10-13-4-2-8-19-13;;/h1,3,5-7,9,11,13,19H,2,4,8,10H2,(H,21,22);2*1H. The number of rotatable bonds is 5. The summed E-state index contributed by atoms with van der Waals surface area (Å²) in [4.78, 5) is 16.2. The van der Waals surface area contributed by atoms with Crippen molar-refractivity contribution in [2.24, 2.45) is 0 Å². The Labute approximate surface area is 167 Å². The molecule has 2 aromatic rings. The van der Waals surface area contributed by atoms with E-state index >= 15 is 0 Å². The number of benzene rings is 1. The van der Waals surface area contributed by atoms with Gasteiger partial charge in [-0.05, 0) is 43.7 Å². The van der Waals surface area contributed by atoms with Crippen molar-refractivity contribution in [2.75, 3.05) is 11.9 Å². The lowest BCUT2D eigenvalue weighted by Gasteiger charge is -2.10. The second-order valence-corrected chi connectivity index (χ2v) is 6.41. The summed E-state index contributed by atoms with van der Waals surface area (Å²) in [5, 5.41) is 6.18. The summed E-state index contributed by atoms with van der Waals surface area (Å²) in [5.74, 6) is 1.20. The van der Waals surface area contributed by atoms with Crippen LogP contribution in [0.5, 0.6) is 11.6 Å². The number of hydrogen-bond acceptors (Lipinski definition) is 4. The van der Waals surface area contributed by atoms with Gasteiger partial charge in [-0.3, -0.25) is 4.79 Å². The Bertz CT molecular complexity index is 680. The predicted octanol–water partition coefficient (Wildman–Crippen LogP) is 4.56. The monoisotopic (exact) mass is 447 g/mol. The number of anilines is 1. The third-order valence-corrected chi connectivity index (χ3v) is 4.13. The second-order valence-electron chi connectivity index (χ2n) is 5.49. The third kappa shape index (κ3) is 6.82. The first-order valence-corrected chi connectivity index (χ1v) is 8.41. The Hall–Kier alpha value is -1.34. The number of pyridine rings is 1. The molecule has 25 heavy (non-hydrogen) atoms. The summed E-state index contributed by atoms with van der Waals surface area (Å²) in [7, 11) is 0. The van der Waals surface area contributed by atoms with Gasteiger partial charge in [0.15, 0.2) is 0 Å². The van der Waals surface area contributed by atoms with Crippen molar-refractivity contribution in [3.8, 4) is 11.6 Å². The van der Waals surface area contributed by atoms with Crippen molar-refractivity contribution >= 4 is 52.3 Å². The molecule has 1 aliphatic heterocycles. The van der Waals surface area contributed by atoms with Crippen LogP contribution in [0.1, 0.15) is 19.3 Å². The van der Waals surface area contributed by atoms with E-state index in [0.717, 1.165) is 23.9 Å². The normalized spacial score (nSPS) is 15.6. The Morgan fingerprint density at radius 2 is 2.16 bits per heavy atom. The number of carbonyl (C=O) groups is 1. The summed E-state index contributed by atoms with van der Waals surface area (Å²) < 4.78 is 6.61. The van der Waals surface area contributed by atoms with E-state index in [-0.39, 0.29) is 30.7 Å². The van der Waals surface area contributed by atoms with Crippen LogP contribution in [-0.2, 0) is 4.79 Å². The first kappa shape index (κ1) is 21.7. The van der Waals surface area contributed by atoms with E-state index in [4.69, 9.17) is 4.74 Å². The molecule has 1 atom stereocenters. The number of ether oxygens (including phenoxy) is 1. The molecule has 1 aromatic carbocycles. The average molecular weight is 449 g/mol. The van der Waals surface area contributed by atoms with Crippen LogP contribution in [-0.4, -0.2) is 23.5 Å². The molecular formula is C17H20BrCl2N3O2. The number of halogens is 3. The molecule has 136 valence electrons. The molecule has 0 saturated carbocycles. The van der Waals surface area contributed by atoms with Crippen LogP contribution >= 0.6 is 40.7 Å². The van der Waals surface area contributed by atoms with Gasteiger partial charge in [0.25, 0.3) is 0 Å². The van der Waals surface area contributed by atoms with Gasteiger partial charge in [-0.15, -0.1) is 24.8 Å². The summed E-state index contributed by atoms with van der Waals surface area (Å²) in [6.45, 7) is 1.00. The first-order chi connectivity index (χ1) is 11.2. The Morgan fingerprint density at radius 3 is 2.80 bits per heavy atom. The minimum absolute atomic E-state index is 0. The molecule has 0 radical (unpaired) electrons. The van der Waals surface area contributed by atoms with Gasteiger partial charge in [0.1, 0.15) is 5.75 Å². The van der Waals surface area contributed by atoms with Crippen LogP contribution in [0.4, 0.5) is 5.69 Å². The Morgan fingerprint density at radius 1 is 1.32 bits per heavy atom. The second kappa shape index (κ2) is 10.6. The van der Waals surface area contributed by atoms with E-state index in [9.17, 15) is 4.79 Å². The van der Waals surface area contributed by atoms with Crippen molar-refractivity contribution in [2.45, 2.75) is 25.3 Å². The summed E-state index contributed by atoms with van der Waals surface area (Å²) in [5.41, 5.74) is 0.676. The zero-order valence-electron chi connectivity index (χ0n) is 13.4. The number of amides is 1. The molecule has 1 amide bonds. The van der Waals surface area contributed by atoms with Gasteiger partial charge < -0.3 is 15.4 Å². The third-order valence-electron chi connectivity index (χ3n) is 3.63. The Kier molecular flexibility index (Phi) is 9.21. The maximum absolute atomic E-state index is 12.0. The van der Waals surface area contributed by atoms with Gasteiger partial charge >= 0.3 is 0 Å². The molecule has 0 aliphatic carbocycles. The summed E-state index contributed by atoms with van der Waals surface area (Å²) in [6, 6.07) is 11.4. The molecule has 1 aliphatic rings. The predicted molar refractivity (Wildman–Crippen MR) is 107 cm³/mol. The van der Waals surface area contributed by atoms with Crippen LogP contribution in [0.25, 0.3) is 0 Å². The maximum atomic E-state index is 12.0. The molecule has 3 rings (SSSR count). The van der Waals surface area contributed by atoms with Crippen molar-refractivity contribution < 1.29 is 9.53 Å². The smallest absolute Gasteiger partial charge is 0.225 e. The molecule has 0 bridgehead atoms. The SMILES string of the molecule is Cl.Cl.O=C(CC1CCCN1)Nc1ccc(Oc2cccc(Br)c2)nc1. The maximum Gasteiger partial charge on any atom is 0.225 e. The molecule has 1 saturated heterocycles. The van der Waals surface area contributed by atoms with E-state index < -0.39 is 0 Å². The molecule has 1 aromatic heterocycles. The van der Waals surface area contributed by atoms with Gasteiger partial charge in [-0.25, -0.2) is 4.98 Å². The van der Waals surface area contributed by atoms with Gasteiger partial charge in [-0.2, -0.15) is 0 Å². The fourth-order valence-corrected chi connectivity index (χ4v) is 2.91. The topological polar surface area (TPSA) is 63.2 Å². The molecule has 0 spiro atoms. The minimum Gasteiger partial charge on any atom is -0.439 e. The van der Waals surface area contributed by atoms with Crippen LogP contribution in [0.15, 0.2) is 47.1 Å². The van der Waals surface area contributed by atoms with Crippen molar-refractivity contribution in [3.05, 3.63) is 47.1 Å². The van der Waals surface area contributed by atoms with Gasteiger partial charge in [0.05, 0.1) is 11.9 Å². The van der Waals surface area contributed by atoms with E-state index in [2.05, 4.69) is 31.5 Å². The number of nitrogens with one attached hydrogen (secondary N) is 2. The highest BCUT2D eigenvalue weighted by molar-refractivity contribution is 9.10. The van der Waals surface area contributed by atoms with E-state index in [1.54, 1.807) is 18.3 Å². The van der Waals surface area contributed by atoms with Crippen molar-refractivity contribution in [1.82, 2.24) is 10.3 Å². The number of carbonyl (C=O) groups excluding carboxylic acids is 1. The number of nitrogens with zero attached hydrogens (tertiary/aromatic N) is 1. The summed E-state index contributed by atoms with van der Waals surface area (Å²) >= 11 is 3.40. The molecule has 1 unspecified atom stereocenters. The van der Waals surface area contributed by atoms with Gasteiger partial charge in [0, 0.05) is 23.0 Å². The number of hydrogen-bond donors (Lipinski definition) is 2. The zero-order chi connectivity index (χ0) is 16.1. The van der Waals surface area contributed by atoms with Gasteiger partial charge in [0.2, 0.25) is 11.8 Å². The minimum atomic E-state index is 0. The van der Waals surface area contributed by atoms with Crippen LogP contribution < -0.4 is 15.4 Å². The van der Waals surface area contributed by atoms with E-state index in [0.29, 0.717) is 29.8 Å². The number of aromatic nitrogens is 1. The quantitative estimate of drug-likeness (QED) is 0.703. The lowest BCUT2D eigenvalue weighted by molar-refractivity contribution is -0.116. The van der Waals surface area contributed by atoms with E-state index in [1.807, 2.05) is 24.3 Å². The average Bonchev–Trinajstić information content (AvgIpc) is 3.02. The fraction of sp³-hybridized carbons (Fsp3) is 0.294. The zero-order valence-corrected chi connectivity index (χ0v) is 16.6. The van der Waals surface area contributed by atoms with Crippen molar-refractivity contribution in [1.29, 1.82) is 0 Å². The van der Waals surface area contributed by atoms with Crippen molar-refractivity contribution in [3.63, 3.8) is 0 Å².